The van der Waals surface area contributed by atoms with Gasteiger partial charge >= 0.3 is 6.18 Å². The molecule has 0 saturated heterocycles. The Morgan fingerprint density at radius 1 is 1.05 bits per heavy atom. The number of rotatable bonds is 2. The fourth-order valence-electron chi connectivity index (χ4n) is 1.87. The summed E-state index contributed by atoms with van der Waals surface area (Å²) in [6.07, 6.45) is -3.72. The Morgan fingerprint density at radius 2 is 1.71 bits per heavy atom. The zero-order valence-corrected chi connectivity index (χ0v) is 12.4. The molecule has 0 fully saturated rings. The van der Waals surface area contributed by atoms with E-state index in [0.29, 0.717) is 0 Å². The Labute approximate surface area is 133 Å². The van der Waals surface area contributed by atoms with Crippen LogP contribution in [-0.2, 0) is 12.8 Å². The lowest BCUT2D eigenvalue weighted by Gasteiger charge is -2.16. The second-order valence-electron chi connectivity index (χ2n) is 4.07. The van der Waals surface area contributed by atoms with Crippen LogP contribution in [0.3, 0.4) is 0 Å². The average molecular weight is 357 g/mol. The molecule has 0 radical (unpaired) electrons. The van der Waals surface area contributed by atoms with Crippen LogP contribution in [-0.4, -0.2) is 10.1 Å². The normalized spacial score (nSPS) is 11.8. The van der Waals surface area contributed by atoms with Gasteiger partial charge in [0.25, 0.3) is 0 Å². The smallest absolute Gasteiger partial charge is 0.392 e. The van der Waals surface area contributed by atoms with E-state index in [2.05, 4.69) is 4.98 Å². The maximum atomic E-state index is 13.1. The highest BCUT2D eigenvalue weighted by Crippen LogP contribution is 2.43. The van der Waals surface area contributed by atoms with E-state index in [1.807, 2.05) is 0 Å². The van der Waals surface area contributed by atoms with Crippen molar-refractivity contribution < 1.29 is 18.3 Å². The number of benzene rings is 1. The second kappa shape index (κ2) is 6.01. The van der Waals surface area contributed by atoms with Gasteiger partial charge in [-0.15, -0.1) is 0 Å². The summed E-state index contributed by atoms with van der Waals surface area (Å²) in [5.41, 5.74) is -1.40. The zero-order valence-electron chi connectivity index (χ0n) is 10.2. The van der Waals surface area contributed by atoms with Crippen molar-refractivity contribution in [2.75, 3.05) is 0 Å². The first-order chi connectivity index (χ1) is 9.77. The van der Waals surface area contributed by atoms with Gasteiger partial charge in [-0.3, -0.25) is 4.98 Å². The van der Waals surface area contributed by atoms with Crippen molar-refractivity contribution in [3.8, 4) is 11.1 Å². The van der Waals surface area contributed by atoms with Crippen LogP contribution in [0.1, 0.15) is 11.3 Å². The summed E-state index contributed by atoms with van der Waals surface area (Å²) in [5, 5.41) is 9.22. The van der Waals surface area contributed by atoms with Gasteiger partial charge in [-0.1, -0.05) is 40.9 Å². The van der Waals surface area contributed by atoms with E-state index in [9.17, 15) is 18.3 Å². The number of hydrogen-bond donors (Lipinski definition) is 1. The Morgan fingerprint density at radius 3 is 2.29 bits per heavy atom. The maximum absolute atomic E-state index is 13.1. The van der Waals surface area contributed by atoms with Crippen LogP contribution < -0.4 is 0 Å². The molecule has 21 heavy (non-hydrogen) atoms. The van der Waals surface area contributed by atoms with Gasteiger partial charge in [0.2, 0.25) is 0 Å². The van der Waals surface area contributed by atoms with Gasteiger partial charge in [0, 0.05) is 17.3 Å². The zero-order chi connectivity index (χ0) is 15.8. The van der Waals surface area contributed by atoms with Gasteiger partial charge in [-0.25, -0.2) is 0 Å². The van der Waals surface area contributed by atoms with Gasteiger partial charge in [0.1, 0.15) is 0 Å². The van der Waals surface area contributed by atoms with Crippen molar-refractivity contribution >= 4 is 34.8 Å². The monoisotopic (exact) mass is 355 g/mol. The summed E-state index contributed by atoms with van der Waals surface area (Å²) in [4.78, 5) is 3.36. The molecule has 8 heteroatoms. The standard InChI is InChI=1S/C13H7Cl3F3NO/c14-8-2-1-7(10(15)11(8)16)9-6(5-21)3-4-20-12(9)13(17,18)19/h1-4,21H,5H2. The first-order valence-electron chi connectivity index (χ1n) is 5.57. The largest absolute Gasteiger partial charge is 0.433 e. The molecular weight excluding hydrogens is 350 g/mol. The molecule has 0 aliphatic carbocycles. The van der Waals surface area contributed by atoms with Crippen LogP contribution in [0.15, 0.2) is 24.4 Å². The third-order valence-corrected chi connectivity index (χ3v) is 4.07. The van der Waals surface area contributed by atoms with Gasteiger partial charge in [-0.2, -0.15) is 13.2 Å². The Bertz CT molecular complexity index is 689. The molecule has 2 rings (SSSR count). The molecule has 0 bridgehead atoms. The minimum atomic E-state index is -4.70. The van der Waals surface area contributed by atoms with E-state index >= 15 is 0 Å². The van der Waals surface area contributed by atoms with Gasteiger partial charge in [-0.05, 0) is 17.7 Å². The number of aromatic nitrogens is 1. The van der Waals surface area contributed by atoms with E-state index < -0.39 is 18.5 Å². The number of aliphatic hydroxyl groups is 1. The minimum absolute atomic E-state index is 0.00976. The molecule has 0 spiro atoms. The van der Waals surface area contributed by atoms with Gasteiger partial charge in [0.15, 0.2) is 5.69 Å². The molecule has 0 atom stereocenters. The van der Waals surface area contributed by atoms with Crippen molar-refractivity contribution in [2.24, 2.45) is 0 Å². The third-order valence-electron chi connectivity index (χ3n) is 2.78. The lowest BCUT2D eigenvalue weighted by molar-refractivity contribution is -0.140. The summed E-state index contributed by atoms with van der Waals surface area (Å²) >= 11 is 17.6. The minimum Gasteiger partial charge on any atom is -0.392 e. The lowest BCUT2D eigenvalue weighted by Crippen LogP contribution is -2.12. The van der Waals surface area contributed by atoms with Crippen LogP contribution >= 0.6 is 34.8 Å². The van der Waals surface area contributed by atoms with Crippen molar-refractivity contribution in [3.05, 3.63) is 50.7 Å². The van der Waals surface area contributed by atoms with Crippen molar-refractivity contribution in [1.82, 2.24) is 4.98 Å². The molecule has 2 nitrogen and oxygen atoms in total. The molecule has 1 aromatic heterocycles. The predicted octanol–water partition coefficient (Wildman–Crippen LogP) is 5.22. The topological polar surface area (TPSA) is 33.1 Å². The van der Waals surface area contributed by atoms with E-state index in [1.165, 1.54) is 18.2 Å². The maximum Gasteiger partial charge on any atom is 0.433 e. The molecule has 112 valence electrons. The number of alkyl halides is 3. The summed E-state index contributed by atoms with van der Waals surface area (Å²) < 4.78 is 39.3. The van der Waals surface area contributed by atoms with Crippen molar-refractivity contribution in [3.63, 3.8) is 0 Å². The highest BCUT2D eigenvalue weighted by molar-refractivity contribution is 6.49. The van der Waals surface area contributed by atoms with E-state index in [0.717, 1.165) is 6.20 Å². The Hall–Kier alpha value is -1.01. The predicted molar refractivity (Wildman–Crippen MR) is 75.6 cm³/mol. The fourth-order valence-corrected chi connectivity index (χ4v) is 2.50. The average Bonchev–Trinajstić information content (AvgIpc) is 2.43. The molecule has 1 heterocycles. The number of aliphatic hydroxyl groups excluding tert-OH is 1. The van der Waals surface area contributed by atoms with E-state index in [1.54, 1.807) is 0 Å². The molecule has 1 N–H and O–H groups in total. The quantitative estimate of drug-likeness (QED) is 0.748. The number of halogens is 6. The van der Waals surface area contributed by atoms with Crippen LogP contribution in [0.2, 0.25) is 15.1 Å². The first-order valence-corrected chi connectivity index (χ1v) is 6.70. The fraction of sp³-hybridized carbons (Fsp3) is 0.154. The summed E-state index contributed by atoms with van der Waals surface area (Å²) in [7, 11) is 0. The van der Waals surface area contributed by atoms with Crippen molar-refractivity contribution in [2.45, 2.75) is 12.8 Å². The third kappa shape index (κ3) is 3.11. The van der Waals surface area contributed by atoms with Crippen LogP contribution in [0.25, 0.3) is 11.1 Å². The summed E-state index contributed by atoms with van der Waals surface area (Å²) in [5.74, 6) is 0. The molecule has 0 unspecified atom stereocenters. The molecular formula is C13H7Cl3F3NO. The van der Waals surface area contributed by atoms with Crippen LogP contribution in [0, 0.1) is 0 Å². The molecule has 2 aromatic rings. The molecule has 0 saturated carbocycles. The van der Waals surface area contributed by atoms with Crippen LogP contribution in [0.5, 0.6) is 0 Å². The second-order valence-corrected chi connectivity index (χ2v) is 5.24. The summed E-state index contributed by atoms with van der Waals surface area (Å²) in [6.45, 7) is -0.600. The molecule has 0 aliphatic heterocycles. The summed E-state index contributed by atoms with van der Waals surface area (Å²) in [6, 6.07) is 3.92. The van der Waals surface area contributed by atoms with Crippen molar-refractivity contribution in [1.29, 1.82) is 0 Å². The number of hydrogen-bond acceptors (Lipinski definition) is 2. The number of nitrogens with zero attached hydrogens (tertiary/aromatic N) is 1. The molecule has 0 aliphatic rings. The molecule has 0 amide bonds. The number of pyridine rings is 1. The highest BCUT2D eigenvalue weighted by Gasteiger charge is 2.37. The highest BCUT2D eigenvalue weighted by atomic mass is 35.5. The van der Waals surface area contributed by atoms with Gasteiger partial charge < -0.3 is 5.11 Å². The van der Waals surface area contributed by atoms with Crippen LogP contribution in [0.4, 0.5) is 13.2 Å². The first kappa shape index (κ1) is 16.4. The van der Waals surface area contributed by atoms with E-state index in [4.69, 9.17) is 34.8 Å². The Kier molecular flexibility index (Phi) is 4.68. The lowest BCUT2D eigenvalue weighted by atomic mass is 9.98. The van der Waals surface area contributed by atoms with E-state index in [-0.39, 0.29) is 31.8 Å². The Balaban J connectivity index is 2.83. The SMILES string of the molecule is OCc1ccnc(C(F)(F)F)c1-c1ccc(Cl)c(Cl)c1Cl. The van der Waals surface area contributed by atoms with Gasteiger partial charge in [0.05, 0.1) is 21.7 Å². The molecule has 1 aromatic carbocycles.